The van der Waals surface area contributed by atoms with Gasteiger partial charge >= 0.3 is 0 Å². The highest BCUT2D eigenvalue weighted by Gasteiger charge is 2.27. The molecular formula is C29H35ClN4O3S. The number of benzene rings is 1. The molecule has 7 nitrogen and oxygen atoms in total. The van der Waals surface area contributed by atoms with Gasteiger partial charge in [-0.2, -0.15) is 0 Å². The number of carbonyl (C=O) groups is 1. The van der Waals surface area contributed by atoms with Crippen molar-refractivity contribution in [2.45, 2.75) is 39.0 Å². The van der Waals surface area contributed by atoms with E-state index >= 15 is 0 Å². The number of anilines is 1. The Bertz CT molecular complexity index is 1340. The number of pyridine rings is 1. The van der Waals surface area contributed by atoms with Gasteiger partial charge in [0.2, 0.25) is 0 Å². The Hall–Kier alpha value is -3.10. The maximum Gasteiger partial charge on any atom is 0.255 e. The molecule has 4 rings (SSSR count). The van der Waals surface area contributed by atoms with Crippen LogP contribution in [0.3, 0.4) is 0 Å². The molecule has 0 unspecified atom stereocenters. The van der Waals surface area contributed by atoms with E-state index < -0.39 is 9.84 Å². The minimum absolute atomic E-state index is 0.222. The van der Waals surface area contributed by atoms with Crippen LogP contribution in [-0.4, -0.2) is 50.1 Å². The molecule has 0 radical (unpaired) electrons. The van der Waals surface area contributed by atoms with E-state index in [9.17, 15) is 13.2 Å². The van der Waals surface area contributed by atoms with Crippen LogP contribution >= 0.6 is 11.6 Å². The third kappa shape index (κ3) is 7.48. The van der Waals surface area contributed by atoms with Crippen molar-refractivity contribution in [2.24, 2.45) is 5.92 Å². The fourth-order valence-corrected chi connectivity index (χ4v) is 5.94. The van der Waals surface area contributed by atoms with Crippen LogP contribution in [0, 0.1) is 5.92 Å². The molecule has 0 atom stereocenters. The van der Waals surface area contributed by atoms with Crippen molar-refractivity contribution in [1.82, 2.24) is 15.2 Å². The van der Waals surface area contributed by atoms with E-state index in [1.807, 2.05) is 18.3 Å². The zero-order chi connectivity index (χ0) is 27.1. The maximum atomic E-state index is 13.2. The van der Waals surface area contributed by atoms with Gasteiger partial charge in [-0.3, -0.25) is 9.78 Å². The van der Waals surface area contributed by atoms with Crippen molar-refractivity contribution < 1.29 is 13.2 Å². The number of amides is 1. The lowest BCUT2D eigenvalue weighted by atomic mass is 9.92. The summed E-state index contributed by atoms with van der Waals surface area (Å²) < 4.78 is 25.1. The lowest BCUT2D eigenvalue weighted by Gasteiger charge is -2.37. The van der Waals surface area contributed by atoms with Gasteiger partial charge in [0.25, 0.3) is 5.91 Å². The lowest BCUT2D eigenvalue weighted by molar-refractivity contribution is 0.0963. The van der Waals surface area contributed by atoms with Crippen LogP contribution in [0.1, 0.15) is 49.4 Å². The van der Waals surface area contributed by atoms with Crippen molar-refractivity contribution in [3.8, 4) is 0 Å². The molecule has 2 heterocycles. The zero-order valence-corrected chi connectivity index (χ0v) is 23.5. The third-order valence-electron chi connectivity index (χ3n) is 7.05. The largest absolute Gasteiger partial charge is 0.384 e. The Morgan fingerprint density at radius 3 is 2.66 bits per heavy atom. The average molecular weight is 555 g/mol. The van der Waals surface area contributed by atoms with E-state index in [4.69, 9.17) is 11.6 Å². The number of rotatable bonds is 8. The number of piperidine rings is 1. The summed E-state index contributed by atoms with van der Waals surface area (Å²) in [5.74, 6) is 0.263. The molecule has 0 spiro atoms. The summed E-state index contributed by atoms with van der Waals surface area (Å²) in [5.41, 5.74) is 4.01. The number of aromatic nitrogens is 1. The molecule has 1 aromatic carbocycles. The third-order valence-corrected chi connectivity index (χ3v) is 8.42. The van der Waals surface area contributed by atoms with Gasteiger partial charge in [0.1, 0.15) is 0 Å². The quantitative estimate of drug-likeness (QED) is 0.444. The van der Waals surface area contributed by atoms with E-state index in [-0.39, 0.29) is 10.8 Å². The Kier molecular flexibility index (Phi) is 9.28. The first-order valence-corrected chi connectivity index (χ1v) is 15.3. The second-order valence-corrected chi connectivity index (χ2v) is 12.4. The first-order valence-electron chi connectivity index (χ1n) is 13.0. The minimum Gasteiger partial charge on any atom is -0.384 e. The molecule has 0 bridgehead atoms. The molecule has 1 saturated heterocycles. The van der Waals surface area contributed by atoms with Crippen LogP contribution in [0.15, 0.2) is 82.8 Å². The summed E-state index contributed by atoms with van der Waals surface area (Å²) in [6.07, 6.45) is 12.6. The molecule has 38 heavy (non-hydrogen) atoms. The van der Waals surface area contributed by atoms with E-state index in [0.717, 1.165) is 55.9 Å². The number of allylic oxidation sites excluding steroid dienone is 3. The molecule has 1 aliphatic carbocycles. The number of carbonyl (C=O) groups excluding carboxylic acids is 1. The van der Waals surface area contributed by atoms with Crippen molar-refractivity contribution in [3.63, 3.8) is 0 Å². The van der Waals surface area contributed by atoms with Gasteiger partial charge in [-0.25, -0.2) is 8.42 Å². The Morgan fingerprint density at radius 2 is 1.97 bits per heavy atom. The second kappa shape index (κ2) is 12.6. The van der Waals surface area contributed by atoms with Crippen molar-refractivity contribution in [1.29, 1.82) is 0 Å². The summed E-state index contributed by atoms with van der Waals surface area (Å²) in [4.78, 5) is 19.9. The van der Waals surface area contributed by atoms with Crippen LogP contribution in [0.5, 0.6) is 0 Å². The Balaban J connectivity index is 1.51. The van der Waals surface area contributed by atoms with Gasteiger partial charge in [-0.1, -0.05) is 23.7 Å². The predicted octanol–water partition coefficient (Wildman–Crippen LogP) is 5.56. The second-order valence-electron chi connectivity index (χ2n) is 9.96. The van der Waals surface area contributed by atoms with Crippen LogP contribution in [0.25, 0.3) is 0 Å². The highest BCUT2D eigenvalue weighted by Crippen LogP contribution is 2.31. The van der Waals surface area contributed by atoms with Gasteiger partial charge in [0, 0.05) is 48.9 Å². The summed E-state index contributed by atoms with van der Waals surface area (Å²) in [7, 11) is -3.46. The first-order chi connectivity index (χ1) is 18.2. The minimum atomic E-state index is -3.46. The molecule has 9 heteroatoms. The molecule has 2 aliphatic rings. The number of hydrogen-bond donors (Lipinski definition) is 2. The van der Waals surface area contributed by atoms with E-state index in [2.05, 4.69) is 27.4 Å². The zero-order valence-electron chi connectivity index (χ0n) is 21.9. The SMILES string of the molecule is CC1=C(N2CCC(CCNc3cccnc3)CC2)C(NC(=O)c2cccc(Cl)c2)=CC(S(C)(=O)=O)=CCC1. The number of nitrogens with one attached hydrogen (secondary N) is 2. The smallest absolute Gasteiger partial charge is 0.255 e. The number of nitrogens with zero attached hydrogens (tertiary/aromatic N) is 2. The van der Waals surface area contributed by atoms with Gasteiger partial charge in [-0.05, 0) is 86.9 Å². The molecular weight excluding hydrogens is 520 g/mol. The number of sulfone groups is 1. The highest BCUT2D eigenvalue weighted by molar-refractivity contribution is 7.94. The van der Waals surface area contributed by atoms with Crippen LogP contribution in [0.2, 0.25) is 5.02 Å². The fraction of sp³-hybridized carbons (Fsp3) is 0.379. The normalized spacial score (nSPS) is 17.3. The van der Waals surface area contributed by atoms with Gasteiger partial charge in [-0.15, -0.1) is 0 Å². The predicted molar refractivity (Wildman–Crippen MR) is 154 cm³/mol. The highest BCUT2D eigenvalue weighted by atomic mass is 35.5. The van der Waals surface area contributed by atoms with Crippen molar-refractivity contribution in [3.05, 3.63) is 93.4 Å². The fourth-order valence-electron chi connectivity index (χ4n) is 5.00. The molecule has 2 aromatic rings. The monoisotopic (exact) mass is 554 g/mol. The number of hydrogen-bond acceptors (Lipinski definition) is 6. The lowest BCUT2D eigenvalue weighted by Crippen LogP contribution is -2.38. The summed E-state index contributed by atoms with van der Waals surface area (Å²) in [6.45, 7) is 4.64. The van der Waals surface area contributed by atoms with Gasteiger partial charge in [0.15, 0.2) is 9.84 Å². The van der Waals surface area contributed by atoms with Crippen LogP contribution in [-0.2, 0) is 9.84 Å². The van der Waals surface area contributed by atoms with E-state index in [1.54, 1.807) is 42.6 Å². The van der Waals surface area contributed by atoms with Crippen molar-refractivity contribution >= 4 is 33.0 Å². The molecule has 1 aliphatic heterocycles. The van der Waals surface area contributed by atoms with E-state index in [1.165, 1.54) is 6.26 Å². The van der Waals surface area contributed by atoms with Crippen LogP contribution < -0.4 is 10.6 Å². The van der Waals surface area contributed by atoms with Crippen molar-refractivity contribution in [2.75, 3.05) is 31.2 Å². The first kappa shape index (κ1) is 27.9. The Labute approximate surface area is 230 Å². The topological polar surface area (TPSA) is 91.4 Å². The maximum absolute atomic E-state index is 13.2. The standard InChI is InChI=1S/C29H35ClN4O3S/c1-21-6-3-10-26(38(2,36)37)19-27(33-29(35)23-7-4-8-24(30)18-23)28(21)34-16-12-22(13-17-34)11-15-32-25-9-5-14-31-20-25/h4-5,7-10,14,18-20,22,32H,3,6,11-13,15-17H2,1-2H3,(H,33,35). The molecule has 1 amide bonds. The molecule has 0 saturated carbocycles. The van der Waals surface area contributed by atoms with Crippen LogP contribution in [0.4, 0.5) is 5.69 Å². The molecule has 2 N–H and O–H groups in total. The van der Waals surface area contributed by atoms with Gasteiger partial charge in [0.05, 0.1) is 22.0 Å². The summed E-state index contributed by atoms with van der Waals surface area (Å²) in [5, 5.41) is 6.92. The average Bonchev–Trinajstić information content (AvgIpc) is 2.88. The summed E-state index contributed by atoms with van der Waals surface area (Å²) >= 11 is 6.11. The number of likely N-dealkylation sites (tertiary alicyclic amines) is 1. The molecule has 1 aromatic heterocycles. The Morgan fingerprint density at radius 1 is 1.18 bits per heavy atom. The number of halogens is 1. The molecule has 1 fully saturated rings. The van der Waals surface area contributed by atoms with Gasteiger partial charge < -0.3 is 15.5 Å². The van der Waals surface area contributed by atoms with E-state index in [0.29, 0.717) is 35.0 Å². The molecule has 202 valence electrons. The summed E-state index contributed by atoms with van der Waals surface area (Å²) in [6, 6.07) is 10.7.